The van der Waals surface area contributed by atoms with E-state index in [0.29, 0.717) is 22.9 Å². The van der Waals surface area contributed by atoms with Gasteiger partial charge < -0.3 is 10.1 Å². The molecule has 1 N–H and O–H groups in total. The van der Waals surface area contributed by atoms with E-state index in [1.165, 1.54) is 24.7 Å². The number of benzene rings is 2. The van der Waals surface area contributed by atoms with E-state index in [4.69, 9.17) is 4.74 Å². The molecule has 0 fully saturated rings. The second kappa shape index (κ2) is 7.73. The summed E-state index contributed by atoms with van der Waals surface area (Å²) in [6.45, 7) is 0. The number of sulfonamides is 1. The maximum Gasteiger partial charge on any atom is 0.242 e. The fourth-order valence-corrected chi connectivity index (χ4v) is 3.47. The normalized spacial score (nSPS) is 11.4. The lowest BCUT2D eigenvalue weighted by Gasteiger charge is -2.13. The molecular formula is C19H20N4O3S. The van der Waals surface area contributed by atoms with Gasteiger partial charge in [0.2, 0.25) is 10.0 Å². The van der Waals surface area contributed by atoms with Crippen LogP contribution in [0, 0.1) is 0 Å². The van der Waals surface area contributed by atoms with Crippen molar-refractivity contribution in [2.45, 2.75) is 4.90 Å². The summed E-state index contributed by atoms with van der Waals surface area (Å²) in [5.74, 6) is 1.26. The predicted octanol–water partition coefficient (Wildman–Crippen LogP) is 3.15. The van der Waals surface area contributed by atoms with Crippen LogP contribution in [-0.2, 0) is 10.0 Å². The van der Waals surface area contributed by atoms with Gasteiger partial charge in [-0.3, -0.25) is 0 Å². The predicted molar refractivity (Wildman–Crippen MR) is 105 cm³/mol. The summed E-state index contributed by atoms with van der Waals surface area (Å²) in [5.41, 5.74) is 2.15. The summed E-state index contributed by atoms with van der Waals surface area (Å²) in [6.07, 6.45) is 1.45. The minimum absolute atomic E-state index is 0.205. The SMILES string of the molecule is COc1ccccc1-c1cc(Nc2cccc(S(=O)(=O)N(C)C)c2)ncn1. The van der Waals surface area contributed by atoms with Gasteiger partial charge in [-0.25, -0.2) is 22.7 Å². The zero-order valence-electron chi connectivity index (χ0n) is 15.2. The van der Waals surface area contributed by atoms with E-state index >= 15 is 0 Å². The Morgan fingerprint density at radius 2 is 1.78 bits per heavy atom. The Morgan fingerprint density at radius 3 is 2.52 bits per heavy atom. The number of rotatable bonds is 6. The van der Waals surface area contributed by atoms with E-state index in [2.05, 4.69) is 15.3 Å². The minimum atomic E-state index is -3.51. The van der Waals surface area contributed by atoms with Gasteiger partial charge >= 0.3 is 0 Å². The summed E-state index contributed by atoms with van der Waals surface area (Å²) in [5, 5.41) is 3.13. The highest BCUT2D eigenvalue weighted by molar-refractivity contribution is 7.89. The van der Waals surface area contributed by atoms with E-state index in [0.717, 1.165) is 5.56 Å². The lowest BCUT2D eigenvalue weighted by atomic mass is 10.1. The van der Waals surface area contributed by atoms with Crippen LogP contribution in [0.4, 0.5) is 11.5 Å². The molecule has 0 saturated carbocycles. The van der Waals surface area contributed by atoms with Crippen LogP contribution in [0.1, 0.15) is 0 Å². The summed E-state index contributed by atoms with van der Waals surface area (Å²) >= 11 is 0. The number of aromatic nitrogens is 2. The summed E-state index contributed by atoms with van der Waals surface area (Å²) in [7, 11) is 1.10. The van der Waals surface area contributed by atoms with Crippen LogP contribution in [0.5, 0.6) is 5.75 Å². The van der Waals surface area contributed by atoms with Gasteiger partial charge in [0.15, 0.2) is 0 Å². The van der Waals surface area contributed by atoms with E-state index in [-0.39, 0.29) is 4.90 Å². The van der Waals surface area contributed by atoms with Crippen molar-refractivity contribution in [3.8, 4) is 17.0 Å². The lowest BCUT2D eigenvalue weighted by molar-refractivity contribution is 0.416. The third-order valence-electron chi connectivity index (χ3n) is 3.94. The molecule has 0 aliphatic heterocycles. The van der Waals surface area contributed by atoms with Gasteiger partial charge in [0.1, 0.15) is 17.9 Å². The molecule has 0 unspecified atom stereocenters. The molecule has 0 spiro atoms. The third kappa shape index (κ3) is 4.07. The molecule has 0 saturated heterocycles. The largest absolute Gasteiger partial charge is 0.496 e. The average molecular weight is 384 g/mol. The number of hydrogen-bond acceptors (Lipinski definition) is 6. The van der Waals surface area contributed by atoms with Gasteiger partial charge in [-0.1, -0.05) is 18.2 Å². The minimum Gasteiger partial charge on any atom is -0.496 e. The number of nitrogens with one attached hydrogen (secondary N) is 1. The van der Waals surface area contributed by atoms with Crippen molar-refractivity contribution >= 4 is 21.5 Å². The Balaban J connectivity index is 1.92. The zero-order chi connectivity index (χ0) is 19.4. The first-order chi connectivity index (χ1) is 12.9. The molecule has 0 bridgehead atoms. The van der Waals surface area contributed by atoms with Crippen molar-refractivity contribution < 1.29 is 13.2 Å². The fraction of sp³-hybridized carbons (Fsp3) is 0.158. The van der Waals surface area contributed by atoms with Gasteiger partial charge in [0.05, 0.1) is 17.7 Å². The number of para-hydroxylation sites is 1. The van der Waals surface area contributed by atoms with Crippen molar-refractivity contribution in [1.82, 2.24) is 14.3 Å². The summed E-state index contributed by atoms with van der Waals surface area (Å²) in [4.78, 5) is 8.73. The molecule has 0 atom stereocenters. The van der Waals surface area contributed by atoms with Crippen LogP contribution in [-0.4, -0.2) is 43.9 Å². The maximum absolute atomic E-state index is 12.3. The van der Waals surface area contributed by atoms with Crippen molar-refractivity contribution in [2.24, 2.45) is 0 Å². The van der Waals surface area contributed by atoms with Gasteiger partial charge in [-0.05, 0) is 30.3 Å². The summed E-state index contributed by atoms with van der Waals surface area (Å²) < 4.78 is 31.2. The molecule has 27 heavy (non-hydrogen) atoms. The first kappa shape index (κ1) is 18.8. The standard InChI is InChI=1S/C19H20N4O3S/c1-23(2)27(24,25)15-8-6-7-14(11-15)22-19-12-17(20-13-21-19)16-9-4-5-10-18(16)26-3/h4-13H,1-3H3,(H,20,21,22). The quantitative estimate of drug-likeness (QED) is 0.703. The molecule has 8 heteroatoms. The van der Waals surface area contributed by atoms with Crippen LogP contribution >= 0.6 is 0 Å². The second-order valence-corrected chi connectivity index (χ2v) is 8.08. The van der Waals surface area contributed by atoms with Crippen molar-refractivity contribution in [3.05, 3.63) is 60.9 Å². The highest BCUT2D eigenvalue weighted by Crippen LogP contribution is 2.29. The Labute approximate surface area is 158 Å². The molecule has 1 aromatic heterocycles. The molecular weight excluding hydrogens is 364 g/mol. The second-order valence-electron chi connectivity index (χ2n) is 5.93. The molecule has 7 nitrogen and oxygen atoms in total. The monoisotopic (exact) mass is 384 g/mol. The first-order valence-corrected chi connectivity index (χ1v) is 9.61. The molecule has 0 aliphatic rings. The molecule has 0 amide bonds. The molecule has 0 aliphatic carbocycles. The number of nitrogens with zero attached hydrogens (tertiary/aromatic N) is 3. The number of anilines is 2. The van der Waals surface area contributed by atoms with E-state index in [1.54, 1.807) is 37.4 Å². The number of ether oxygens (including phenoxy) is 1. The topological polar surface area (TPSA) is 84.4 Å². The van der Waals surface area contributed by atoms with Crippen LogP contribution in [0.3, 0.4) is 0 Å². The van der Waals surface area contributed by atoms with E-state index in [9.17, 15) is 8.42 Å². The Bertz CT molecular complexity index is 1050. The number of methoxy groups -OCH3 is 1. The maximum atomic E-state index is 12.3. The zero-order valence-corrected chi connectivity index (χ0v) is 16.1. The van der Waals surface area contributed by atoms with Gasteiger partial charge in [0.25, 0.3) is 0 Å². The summed E-state index contributed by atoms with van der Waals surface area (Å²) in [6, 6.07) is 15.9. The smallest absolute Gasteiger partial charge is 0.242 e. The third-order valence-corrected chi connectivity index (χ3v) is 5.75. The highest BCUT2D eigenvalue weighted by atomic mass is 32.2. The molecule has 3 aromatic rings. The average Bonchev–Trinajstić information content (AvgIpc) is 2.68. The number of hydrogen-bond donors (Lipinski definition) is 1. The van der Waals surface area contributed by atoms with E-state index < -0.39 is 10.0 Å². The van der Waals surface area contributed by atoms with Crippen LogP contribution in [0.15, 0.2) is 65.8 Å². The highest BCUT2D eigenvalue weighted by Gasteiger charge is 2.17. The Kier molecular flexibility index (Phi) is 5.38. The van der Waals surface area contributed by atoms with Gasteiger partial charge in [0, 0.05) is 31.4 Å². The molecule has 2 aromatic carbocycles. The molecule has 0 radical (unpaired) electrons. The van der Waals surface area contributed by atoms with Crippen LogP contribution in [0.2, 0.25) is 0 Å². The first-order valence-electron chi connectivity index (χ1n) is 8.17. The van der Waals surface area contributed by atoms with Crippen molar-refractivity contribution in [1.29, 1.82) is 0 Å². The molecule has 3 rings (SSSR count). The van der Waals surface area contributed by atoms with Crippen LogP contribution < -0.4 is 10.1 Å². The van der Waals surface area contributed by atoms with Crippen LogP contribution in [0.25, 0.3) is 11.3 Å². The van der Waals surface area contributed by atoms with Gasteiger partial charge in [-0.2, -0.15) is 0 Å². The van der Waals surface area contributed by atoms with E-state index in [1.807, 2.05) is 24.3 Å². The molecule has 140 valence electrons. The van der Waals surface area contributed by atoms with Crippen molar-refractivity contribution in [3.63, 3.8) is 0 Å². The molecule has 1 heterocycles. The van der Waals surface area contributed by atoms with Gasteiger partial charge in [-0.15, -0.1) is 0 Å². The Morgan fingerprint density at radius 1 is 1.00 bits per heavy atom. The lowest BCUT2D eigenvalue weighted by Crippen LogP contribution is -2.22. The van der Waals surface area contributed by atoms with Crippen molar-refractivity contribution in [2.75, 3.05) is 26.5 Å². The fourth-order valence-electron chi connectivity index (χ4n) is 2.52. The Hall–Kier alpha value is -2.97.